The van der Waals surface area contributed by atoms with Crippen molar-refractivity contribution in [2.75, 3.05) is 42.9 Å². The summed E-state index contributed by atoms with van der Waals surface area (Å²) < 4.78 is 0. The van der Waals surface area contributed by atoms with Gasteiger partial charge in [-0.3, -0.25) is 14.7 Å². The highest BCUT2D eigenvalue weighted by atomic mass is 16.1. The number of nitrogens with one attached hydrogen (secondary N) is 1. The second kappa shape index (κ2) is 7.94. The Balaban J connectivity index is 1.51. The van der Waals surface area contributed by atoms with E-state index in [2.05, 4.69) is 38.1 Å². The molecular weight excluding hydrogens is 316 g/mol. The van der Waals surface area contributed by atoms with E-state index in [-0.39, 0.29) is 6.04 Å². The number of primary amides is 1. The maximum Gasteiger partial charge on any atom is 0.252 e. The molecule has 0 saturated carbocycles. The van der Waals surface area contributed by atoms with Crippen molar-refractivity contribution < 1.29 is 4.79 Å². The van der Waals surface area contributed by atoms with Crippen LogP contribution in [0, 0.1) is 0 Å². The summed E-state index contributed by atoms with van der Waals surface area (Å²) >= 11 is 0. The fraction of sp³-hybridized carbons (Fsp3) is 0.389. The van der Waals surface area contributed by atoms with Crippen LogP contribution in [-0.4, -0.2) is 59.5 Å². The maximum absolute atomic E-state index is 11.5. The van der Waals surface area contributed by atoms with Crippen molar-refractivity contribution in [2.45, 2.75) is 13.0 Å². The number of anilines is 2. The minimum Gasteiger partial charge on any atom is -0.381 e. The predicted octanol–water partition coefficient (Wildman–Crippen LogP) is 1.20. The molecular formula is C18H24N6O. The van der Waals surface area contributed by atoms with Crippen molar-refractivity contribution in [3.05, 3.63) is 48.4 Å². The maximum atomic E-state index is 11.5. The quantitative estimate of drug-likeness (QED) is 0.822. The molecule has 1 aliphatic heterocycles. The highest BCUT2D eigenvalue weighted by Gasteiger charge is 2.20. The molecule has 0 aromatic carbocycles. The van der Waals surface area contributed by atoms with E-state index in [0.717, 1.165) is 44.2 Å². The molecule has 3 N–H and O–H groups in total. The van der Waals surface area contributed by atoms with Crippen molar-refractivity contribution in [1.82, 2.24) is 14.9 Å². The van der Waals surface area contributed by atoms with Crippen molar-refractivity contribution in [2.24, 2.45) is 5.73 Å². The van der Waals surface area contributed by atoms with Crippen LogP contribution in [0.4, 0.5) is 11.5 Å². The van der Waals surface area contributed by atoms with E-state index >= 15 is 0 Å². The number of pyridine rings is 2. The zero-order valence-corrected chi connectivity index (χ0v) is 14.4. The highest BCUT2D eigenvalue weighted by Crippen LogP contribution is 2.16. The normalized spacial score (nSPS) is 16.4. The Kier molecular flexibility index (Phi) is 5.45. The number of nitrogens with zero attached hydrogens (tertiary/aromatic N) is 4. The number of rotatable bonds is 6. The third-order valence-electron chi connectivity index (χ3n) is 4.37. The van der Waals surface area contributed by atoms with E-state index in [4.69, 9.17) is 5.73 Å². The molecule has 7 nitrogen and oxygen atoms in total. The van der Waals surface area contributed by atoms with E-state index in [1.807, 2.05) is 18.3 Å². The average molecular weight is 340 g/mol. The fourth-order valence-corrected chi connectivity index (χ4v) is 3.12. The molecule has 1 aliphatic rings. The van der Waals surface area contributed by atoms with Gasteiger partial charge in [0.05, 0.1) is 11.3 Å². The van der Waals surface area contributed by atoms with Crippen LogP contribution in [0.25, 0.3) is 0 Å². The lowest BCUT2D eigenvalue weighted by molar-refractivity contribution is 0.100. The Morgan fingerprint density at radius 3 is 2.72 bits per heavy atom. The second-order valence-corrected chi connectivity index (χ2v) is 6.31. The van der Waals surface area contributed by atoms with Crippen LogP contribution in [0.3, 0.4) is 0 Å². The molecule has 2 aromatic rings. The van der Waals surface area contributed by atoms with Gasteiger partial charge in [0.1, 0.15) is 5.82 Å². The van der Waals surface area contributed by atoms with Crippen LogP contribution < -0.4 is 16.0 Å². The number of carbonyl (C=O) groups excluding carboxylic acids is 1. The minimum atomic E-state index is -0.466. The summed E-state index contributed by atoms with van der Waals surface area (Å²) in [6.07, 6.45) is 4.99. The highest BCUT2D eigenvalue weighted by molar-refractivity contribution is 5.98. The molecule has 7 heteroatoms. The first kappa shape index (κ1) is 17.2. The molecule has 0 aliphatic carbocycles. The Morgan fingerprint density at radius 1 is 1.24 bits per heavy atom. The standard InChI is InChI=1S/C18H24N6O/c1-14(22-16-5-7-20-12-15(16)18(19)25)13-23-8-10-24(11-9-23)17-4-2-3-6-21-17/h2-7,12,14H,8-11,13H2,1H3,(H2,19,25)(H,20,22). The molecule has 25 heavy (non-hydrogen) atoms. The van der Waals surface area contributed by atoms with Gasteiger partial charge < -0.3 is 16.0 Å². The van der Waals surface area contributed by atoms with Crippen LogP contribution >= 0.6 is 0 Å². The monoisotopic (exact) mass is 340 g/mol. The van der Waals surface area contributed by atoms with E-state index < -0.39 is 5.91 Å². The van der Waals surface area contributed by atoms with Crippen LogP contribution in [-0.2, 0) is 0 Å². The molecule has 1 atom stereocenters. The lowest BCUT2D eigenvalue weighted by Gasteiger charge is -2.36. The molecule has 3 heterocycles. The van der Waals surface area contributed by atoms with Crippen LogP contribution in [0.5, 0.6) is 0 Å². The van der Waals surface area contributed by atoms with Crippen LogP contribution in [0.15, 0.2) is 42.9 Å². The molecule has 0 spiro atoms. The Bertz CT molecular complexity index is 700. The van der Waals surface area contributed by atoms with Gasteiger partial charge in [-0.05, 0) is 25.1 Å². The molecule has 1 saturated heterocycles. The van der Waals surface area contributed by atoms with Gasteiger partial charge in [-0.1, -0.05) is 6.07 Å². The fourth-order valence-electron chi connectivity index (χ4n) is 3.12. The first-order valence-electron chi connectivity index (χ1n) is 8.52. The summed E-state index contributed by atoms with van der Waals surface area (Å²) in [5, 5.41) is 3.37. The van der Waals surface area contributed by atoms with Crippen LogP contribution in [0.1, 0.15) is 17.3 Å². The SMILES string of the molecule is CC(CN1CCN(c2ccccn2)CC1)Nc1ccncc1C(N)=O. The largest absolute Gasteiger partial charge is 0.381 e. The van der Waals surface area contributed by atoms with Gasteiger partial charge in [0.2, 0.25) is 0 Å². The molecule has 2 aromatic heterocycles. The third kappa shape index (κ3) is 4.45. The summed E-state index contributed by atoms with van der Waals surface area (Å²) in [6.45, 7) is 6.91. The number of carbonyl (C=O) groups is 1. The summed E-state index contributed by atoms with van der Waals surface area (Å²) in [5.41, 5.74) is 6.57. The molecule has 0 radical (unpaired) electrons. The van der Waals surface area contributed by atoms with Gasteiger partial charge in [-0.25, -0.2) is 4.98 Å². The summed E-state index contributed by atoms with van der Waals surface area (Å²) in [7, 11) is 0. The van der Waals surface area contributed by atoms with Crippen molar-refractivity contribution in [3.63, 3.8) is 0 Å². The Labute approximate surface area is 147 Å². The number of aromatic nitrogens is 2. The topological polar surface area (TPSA) is 87.4 Å². The van der Waals surface area contributed by atoms with E-state index in [9.17, 15) is 4.79 Å². The van der Waals surface area contributed by atoms with E-state index in [0.29, 0.717) is 5.56 Å². The Morgan fingerprint density at radius 2 is 2.04 bits per heavy atom. The first-order valence-corrected chi connectivity index (χ1v) is 8.52. The second-order valence-electron chi connectivity index (χ2n) is 6.31. The van der Waals surface area contributed by atoms with Gasteiger partial charge in [0, 0.05) is 57.4 Å². The number of amides is 1. The molecule has 132 valence electrons. The van der Waals surface area contributed by atoms with Crippen molar-refractivity contribution >= 4 is 17.4 Å². The van der Waals surface area contributed by atoms with Gasteiger partial charge >= 0.3 is 0 Å². The molecule has 3 rings (SSSR count). The zero-order valence-electron chi connectivity index (χ0n) is 14.4. The summed E-state index contributed by atoms with van der Waals surface area (Å²) in [6, 6.07) is 7.99. The average Bonchev–Trinajstić information content (AvgIpc) is 2.63. The minimum absolute atomic E-state index is 0.196. The smallest absolute Gasteiger partial charge is 0.252 e. The molecule has 1 amide bonds. The lowest BCUT2D eigenvalue weighted by Crippen LogP contribution is -2.49. The van der Waals surface area contributed by atoms with Gasteiger partial charge in [0.15, 0.2) is 0 Å². The first-order chi connectivity index (χ1) is 12.1. The predicted molar refractivity (Wildman–Crippen MR) is 98.7 cm³/mol. The van der Waals surface area contributed by atoms with Crippen molar-refractivity contribution in [3.8, 4) is 0 Å². The number of hydrogen-bond donors (Lipinski definition) is 2. The van der Waals surface area contributed by atoms with Gasteiger partial charge in [-0.15, -0.1) is 0 Å². The van der Waals surface area contributed by atoms with E-state index in [1.165, 1.54) is 6.20 Å². The summed E-state index contributed by atoms with van der Waals surface area (Å²) in [5.74, 6) is 0.572. The number of hydrogen-bond acceptors (Lipinski definition) is 6. The zero-order chi connectivity index (χ0) is 17.6. The third-order valence-corrected chi connectivity index (χ3v) is 4.37. The van der Waals surface area contributed by atoms with E-state index in [1.54, 1.807) is 12.3 Å². The van der Waals surface area contributed by atoms with Gasteiger partial charge in [-0.2, -0.15) is 0 Å². The Hall–Kier alpha value is -2.67. The number of piperazine rings is 1. The van der Waals surface area contributed by atoms with Gasteiger partial charge in [0.25, 0.3) is 5.91 Å². The lowest BCUT2D eigenvalue weighted by atomic mass is 10.2. The molecule has 1 fully saturated rings. The summed E-state index contributed by atoms with van der Waals surface area (Å²) in [4.78, 5) is 24.6. The molecule has 0 bridgehead atoms. The van der Waals surface area contributed by atoms with Crippen molar-refractivity contribution in [1.29, 1.82) is 0 Å². The van der Waals surface area contributed by atoms with Crippen LogP contribution in [0.2, 0.25) is 0 Å². The molecule has 1 unspecified atom stereocenters. The number of nitrogens with two attached hydrogens (primary N) is 1.